The second-order valence-electron chi connectivity index (χ2n) is 3.75. The van der Waals surface area contributed by atoms with Crippen molar-refractivity contribution in [2.24, 2.45) is 0 Å². The van der Waals surface area contributed by atoms with Gasteiger partial charge in [-0.1, -0.05) is 6.92 Å². The highest BCUT2D eigenvalue weighted by molar-refractivity contribution is 7.07. The highest BCUT2D eigenvalue weighted by Crippen LogP contribution is 2.11. The summed E-state index contributed by atoms with van der Waals surface area (Å²) in [7, 11) is 0. The first-order valence-electron chi connectivity index (χ1n) is 5.94. The van der Waals surface area contributed by atoms with Gasteiger partial charge in [0.2, 0.25) is 5.88 Å². The number of hydrogen-bond acceptors (Lipinski definition) is 6. The summed E-state index contributed by atoms with van der Waals surface area (Å²) < 4.78 is 5.45. The van der Waals surface area contributed by atoms with Crippen LogP contribution in [0.1, 0.15) is 19.0 Å². The van der Waals surface area contributed by atoms with E-state index in [1.54, 1.807) is 11.3 Å². The summed E-state index contributed by atoms with van der Waals surface area (Å²) in [5.74, 6) is 1.40. The van der Waals surface area contributed by atoms with Crippen LogP contribution in [0, 0.1) is 0 Å². The third-order valence-electron chi connectivity index (χ3n) is 2.27. The van der Waals surface area contributed by atoms with Crippen LogP contribution in [0.5, 0.6) is 5.88 Å². The Hall–Kier alpha value is -1.69. The summed E-state index contributed by atoms with van der Waals surface area (Å²) in [6.45, 7) is 3.54. The Balaban J connectivity index is 1.81. The van der Waals surface area contributed by atoms with Crippen molar-refractivity contribution in [2.75, 3.05) is 18.5 Å². The second-order valence-corrected chi connectivity index (χ2v) is 4.47. The van der Waals surface area contributed by atoms with Gasteiger partial charge in [0.25, 0.3) is 0 Å². The van der Waals surface area contributed by atoms with E-state index in [0.29, 0.717) is 12.5 Å². The number of hydrogen-bond donors (Lipinski definition) is 1. The molecule has 0 saturated heterocycles. The van der Waals surface area contributed by atoms with Crippen molar-refractivity contribution < 1.29 is 4.74 Å². The molecule has 0 aliphatic carbocycles. The van der Waals surface area contributed by atoms with Crippen LogP contribution in [0.3, 0.4) is 0 Å². The number of nitrogens with one attached hydrogen (secondary N) is 1. The lowest BCUT2D eigenvalue weighted by atomic mass is 10.3. The van der Waals surface area contributed by atoms with Gasteiger partial charge in [-0.2, -0.15) is 0 Å². The lowest BCUT2D eigenvalue weighted by Crippen LogP contribution is -2.07. The Morgan fingerprint density at radius 2 is 2.28 bits per heavy atom. The predicted molar refractivity (Wildman–Crippen MR) is 72.1 cm³/mol. The highest BCUT2D eigenvalue weighted by Gasteiger charge is 2.00. The molecule has 2 aromatic heterocycles. The average Bonchev–Trinajstić information content (AvgIpc) is 2.90. The Bertz CT molecular complexity index is 461. The van der Waals surface area contributed by atoms with Crippen LogP contribution in [-0.4, -0.2) is 28.1 Å². The fourth-order valence-corrected chi connectivity index (χ4v) is 1.99. The minimum Gasteiger partial charge on any atom is -0.478 e. The molecule has 0 amide bonds. The zero-order valence-electron chi connectivity index (χ0n) is 10.3. The highest BCUT2D eigenvalue weighted by atomic mass is 32.1. The van der Waals surface area contributed by atoms with Crippen LogP contribution in [0.2, 0.25) is 0 Å². The van der Waals surface area contributed by atoms with Crippen molar-refractivity contribution in [3.05, 3.63) is 29.0 Å². The molecule has 5 nitrogen and oxygen atoms in total. The van der Waals surface area contributed by atoms with E-state index in [2.05, 4.69) is 32.6 Å². The van der Waals surface area contributed by atoms with Gasteiger partial charge in [0.05, 0.1) is 17.8 Å². The maximum absolute atomic E-state index is 5.45. The summed E-state index contributed by atoms with van der Waals surface area (Å²) >= 11 is 1.61. The number of anilines is 1. The van der Waals surface area contributed by atoms with Gasteiger partial charge >= 0.3 is 0 Å². The molecular weight excluding hydrogens is 248 g/mol. The van der Waals surface area contributed by atoms with Crippen molar-refractivity contribution in [1.29, 1.82) is 0 Å². The molecule has 2 aromatic rings. The number of rotatable bonds is 7. The molecule has 0 aliphatic rings. The van der Waals surface area contributed by atoms with Crippen LogP contribution in [-0.2, 0) is 6.42 Å². The Kier molecular flexibility index (Phi) is 4.89. The lowest BCUT2D eigenvalue weighted by molar-refractivity contribution is 0.305. The maximum Gasteiger partial charge on any atom is 0.218 e. The number of ether oxygens (including phenoxy) is 1. The molecule has 0 unspecified atom stereocenters. The van der Waals surface area contributed by atoms with E-state index in [1.807, 2.05) is 11.6 Å². The Labute approximate surface area is 110 Å². The molecule has 0 aliphatic heterocycles. The van der Waals surface area contributed by atoms with Gasteiger partial charge < -0.3 is 10.1 Å². The molecule has 0 saturated carbocycles. The van der Waals surface area contributed by atoms with Crippen molar-refractivity contribution in [1.82, 2.24) is 15.0 Å². The van der Waals surface area contributed by atoms with Gasteiger partial charge in [0.1, 0.15) is 12.1 Å². The predicted octanol–water partition coefficient (Wildman–Crippen LogP) is 2.38. The Morgan fingerprint density at radius 3 is 3.06 bits per heavy atom. The summed E-state index contributed by atoms with van der Waals surface area (Å²) in [4.78, 5) is 12.4. The second kappa shape index (κ2) is 6.90. The molecule has 0 spiro atoms. The summed E-state index contributed by atoms with van der Waals surface area (Å²) in [6, 6.07) is 1.82. The zero-order valence-corrected chi connectivity index (χ0v) is 11.1. The van der Waals surface area contributed by atoms with Crippen LogP contribution < -0.4 is 10.1 Å². The molecular formula is C12H16N4OS. The molecule has 0 bridgehead atoms. The van der Waals surface area contributed by atoms with E-state index in [0.717, 1.165) is 30.9 Å². The minimum atomic E-state index is 0.614. The van der Waals surface area contributed by atoms with Gasteiger partial charge in [0, 0.05) is 24.4 Å². The van der Waals surface area contributed by atoms with E-state index < -0.39 is 0 Å². The molecule has 0 aromatic carbocycles. The van der Waals surface area contributed by atoms with Crippen LogP contribution in [0.4, 0.5) is 5.82 Å². The molecule has 2 rings (SSSR count). The van der Waals surface area contributed by atoms with E-state index >= 15 is 0 Å². The first kappa shape index (κ1) is 12.8. The van der Waals surface area contributed by atoms with Crippen molar-refractivity contribution in [3.63, 3.8) is 0 Å². The minimum absolute atomic E-state index is 0.614. The monoisotopic (exact) mass is 264 g/mol. The Morgan fingerprint density at radius 1 is 1.33 bits per heavy atom. The van der Waals surface area contributed by atoms with Crippen molar-refractivity contribution >= 4 is 17.2 Å². The third-order valence-corrected chi connectivity index (χ3v) is 2.90. The quantitative estimate of drug-likeness (QED) is 0.832. The van der Waals surface area contributed by atoms with Crippen LogP contribution in [0.25, 0.3) is 0 Å². The van der Waals surface area contributed by atoms with Crippen molar-refractivity contribution in [3.8, 4) is 5.88 Å². The topological polar surface area (TPSA) is 59.9 Å². The SMILES string of the molecule is CCCOc1cc(NCCc2cscn2)ncn1. The average molecular weight is 264 g/mol. The van der Waals surface area contributed by atoms with E-state index in [4.69, 9.17) is 4.74 Å². The van der Waals surface area contributed by atoms with Gasteiger partial charge in [-0.3, -0.25) is 0 Å². The standard InChI is InChI=1S/C12H16N4OS/c1-2-5-17-12-6-11(14-8-15-12)13-4-3-10-7-18-9-16-10/h6-9H,2-5H2,1H3,(H,13,14,15). The van der Waals surface area contributed by atoms with Crippen molar-refractivity contribution in [2.45, 2.75) is 19.8 Å². The largest absolute Gasteiger partial charge is 0.478 e. The lowest BCUT2D eigenvalue weighted by Gasteiger charge is -2.06. The summed E-state index contributed by atoms with van der Waals surface area (Å²) in [5, 5.41) is 5.29. The van der Waals surface area contributed by atoms with Gasteiger partial charge in [-0.25, -0.2) is 15.0 Å². The van der Waals surface area contributed by atoms with Crippen LogP contribution in [0.15, 0.2) is 23.3 Å². The van der Waals surface area contributed by atoms with Gasteiger partial charge in [0.15, 0.2) is 0 Å². The number of thiazole rings is 1. The van der Waals surface area contributed by atoms with E-state index in [9.17, 15) is 0 Å². The van der Waals surface area contributed by atoms with Gasteiger partial charge in [-0.05, 0) is 6.42 Å². The van der Waals surface area contributed by atoms with Gasteiger partial charge in [-0.15, -0.1) is 11.3 Å². The summed E-state index contributed by atoms with van der Waals surface area (Å²) in [5.41, 5.74) is 2.94. The smallest absolute Gasteiger partial charge is 0.218 e. The van der Waals surface area contributed by atoms with E-state index in [-0.39, 0.29) is 0 Å². The molecule has 2 heterocycles. The first-order valence-corrected chi connectivity index (χ1v) is 6.88. The fourth-order valence-electron chi connectivity index (χ4n) is 1.40. The molecule has 1 N–H and O–H groups in total. The zero-order chi connectivity index (χ0) is 12.6. The number of nitrogens with zero attached hydrogens (tertiary/aromatic N) is 3. The molecule has 0 fully saturated rings. The molecule has 0 atom stereocenters. The number of aromatic nitrogens is 3. The van der Waals surface area contributed by atoms with E-state index in [1.165, 1.54) is 6.33 Å². The fraction of sp³-hybridized carbons (Fsp3) is 0.417. The molecule has 0 radical (unpaired) electrons. The normalized spacial score (nSPS) is 10.3. The first-order chi connectivity index (χ1) is 8.88. The maximum atomic E-state index is 5.45. The summed E-state index contributed by atoms with van der Waals surface area (Å²) in [6.07, 6.45) is 3.37. The molecule has 18 heavy (non-hydrogen) atoms. The van der Waals surface area contributed by atoms with Crippen LogP contribution >= 0.6 is 11.3 Å². The molecule has 96 valence electrons. The third kappa shape index (κ3) is 3.96. The molecule has 6 heteroatoms.